The molecule has 0 spiro atoms. The van der Waals surface area contributed by atoms with Crippen LogP contribution in [0.5, 0.6) is 5.75 Å². The summed E-state index contributed by atoms with van der Waals surface area (Å²) in [7, 11) is 1.62. The van der Waals surface area contributed by atoms with Crippen molar-refractivity contribution in [3.05, 3.63) is 65.2 Å². The third-order valence-electron chi connectivity index (χ3n) is 2.92. The van der Waals surface area contributed by atoms with E-state index >= 15 is 0 Å². The first-order valence-electron chi connectivity index (χ1n) is 7.06. The van der Waals surface area contributed by atoms with Gasteiger partial charge in [-0.05, 0) is 50.2 Å². The van der Waals surface area contributed by atoms with E-state index in [1.165, 1.54) is 0 Å². The van der Waals surface area contributed by atoms with Crippen molar-refractivity contribution in [1.29, 1.82) is 0 Å². The van der Waals surface area contributed by atoms with Crippen LogP contribution in [0.3, 0.4) is 0 Å². The Morgan fingerprint density at radius 2 is 1.68 bits per heavy atom. The minimum absolute atomic E-state index is 0.157. The van der Waals surface area contributed by atoms with E-state index in [1.54, 1.807) is 19.2 Å². The fourth-order valence-corrected chi connectivity index (χ4v) is 1.86. The number of carbonyl (C=O) groups excluding carboxylic acids is 1. The van der Waals surface area contributed by atoms with E-state index in [2.05, 4.69) is 11.8 Å². The lowest BCUT2D eigenvalue weighted by Crippen LogP contribution is -2.12. The van der Waals surface area contributed by atoms with Crippen molar-refractivity contribution in [3.63, 3.8) is 0 Å². The Hall–Kier alpha value is -2.73. The second kappa shape index (κ2) is 7.33. The van der Waals surface area contributed by atoms with E-state index < -0.39 is 0 Å². The Bertz CT molecular complexity index is 703. The summed E-state index contributed by atoms with van der Waals surface area (Å²) >= 11 is 0. The van der Waals surface area contributed by atoms with Gasteiger partial charge in [-0.3, -0.25) is 0 Å². The van der Waals surface area contributed by atoms with E-state index in [1.807, 2.05) is 50.2 Å². The Labute approximate surface area is 130 Å². The van der Waals surface area contributed by atoms with Gasteiger partial charge in [0.2, 0.25) is 0 Å². The van der Waals surface area contributed by atoms with E-state index in [4.69, 9.17) is 9.47 Å². The van der Waals surface area contributed by atoms with E-state index in [-0.39, 0.29) is 12.1 Å². The highest BCUT2D eigenvalue weighted by atomic mass is 16.5. The molecule has 22 heavy (non-hydrogen) atoms. The number of methoxy groups -OCH3 is 1. The third kappa shape index (κ3) is 4.13. The molecule has 2 aromatic rings. The van der Waals surface area contributed by atoms with Gasteiger partial charge >= 0.3 is 5.97 Å². The van der Waals surface area contributed by atoms with Gasteiger partial charge in [-0.15, -0.1) is 0 Å². The molecule has 0 aromatic heterocycles. The van der Waals surface area contributed by atoms with Crippen LogP contribution in [0.2, 0.25) is 0 Å². The molecule has 0 aliphatic carbocycles. The average Bonchev–Trinajstić information content (AvgIpc) is 2.53. The zero-order chi connectivity index (χ0) is 15.9. The largest absolute Gasteiger partial charge is 0.497 e. The molecular formula is C19H18O3. The van der Waals surface area contributed by atoms with Crippen LogP contribution in [0.25, 0.3) is 0 Å². The maximum absolute atomic E-state index is 12.1. The number of carbonyl (C=O) groups is 1. The number of benzene rings is 2. The predicted molar refractivity (Wildman–Crippen MR) is 86.0 cm³/mol. The Balaban J connectivity index is 2.26. The Morgan fingerprint density at radius 1 is 1.00 bits per heavy atom. The smallest absolute Gasteiger partial charge is 0.339 e. The standard InChI is InChI=1S/C19H18O3/c1-14(2)22-19(20)18-7-5-4-6-16(18)11-8-15-9-12-17(21-3)13-10-15/h4-7,9-10,12-14H,1-3H3. The molecule has 0 radical (unpaired) electrons. The maximum Gasteiger partial charge on any atom is 0.339 e. The minimum atomic E-state index is -0.352. The first-order chi connectivity index (χ1) is 10.6. The van der Waals surface area contributed by atoms with E-state index in [0.717, 1.165) is 11.3 Å². The molecule has 3 nitrogen and oxygen atoms in total. The monoisotopic (exact) mass is 294 g/mol. The van der Waals surface area contributed by atoms with Crippen LogP contribution in [0.4, 0.5) is 0 Å². The van der Waals surface area contributed by atoms with Crippen molar-refractivity contribution >= 4 is 5.97 Å². The fraction of sp³-hybridized carbons (Fsp3) is 0.211. The number of hydrogen-bond donors (Lipinski definition) is 0. The molecule has 2 aromatic carbocycles. The van der Waals surface area contributed by atoms with Gasteiger partial charge < -0.3 is 9.47 Å². The highest BCUT2D eigenvalue weighted by Gasteiger charge is 2.12. The predicted octanol–water partition coefficient (Wildman–Crippen LogP) is 3.66. The molecule has 3 heteroatoms. The molecule has 0 fully saturated rings. The van der Waals surface area contributed by atoms with Gasteiger partial charge in [-0.25, -0.2) is 4.79 Å². The number of esters is 1. The molecule has 0 bridgehead atoms. The lowest BCUT2D eigenvalue weighted by atomic mass is 10.1. The van der Waals surface area contributed by atoms with Crippen molar-refractivity contribution in [2.45, 2.75) is 20.0 Å². The van der Waals surface area contributed by atoms with Gasteiger partial charge in [0.05, 0.1) is 18.8 Å². The molecule has 112 valence electrons. The lowest BCUT2D eigenvalue weighted by Gasteiger charge is -2.08. The van der Waals surface area contributed by atoms with E-state index in [0.29, 0.717) is 11.1 Å². The molecule has 0 saturated carbocycles. The van der Waals surface area contributed by atoms with Crippen molar-refractivity contribution in [2.75, 3.05) is 7.11 Å². The zero-order valence-corrected chi connectivity index (χ0v) is 12.9. The summed E-state index contributed by atoms with van der Waals surface area (Å²) in [6.45, 7) is 3.65. The van der Waals surface area contributed by atoms with Gasteiger partial charge in [0.15, 0.2) is 0 Å². The number of rotatable bonds is 3. The van der Waals surface area contributed by atoms with Gasteiger partial charge in [0, 0.05) is 11.1 Å². The summed E-state index contributed by atoms with van der Waals surface area (Å²) in [6.07, 6.45) is -0.157. The van der Waals surface area contributed by atoms with Crippen LogP contribution in [0.1, 0.15) is 35.3 Å². The Kier molecular flexibility index (Phi) is 5.21. The first-order valence-corrected chi connectivity index (χ1v) is 7.06. The van der Waals surface area contributed by atoms with E-state index in [9.17, 15) is 4.79 Å². The summed E-state index contributed by atoms with van der Waals surface area (Å²) in [5.41, 5.74) is 1.99. The molecule has 0 N–H and O–H groups in total. The summed E-state index contributed by atoms with van der Waals surface area (Å²) in [5.74, 6) is 6.51. The average molecular weight is 294 g/mol. The zero-order valence-electron chi connectivity index (χ0n) is 12.9. The van der Waals surface area contributed by atoms with Crippen molar-refractivity contribution in [2.24, 2.45) is 0 Å². The second-order valence-electron chi connectivity index (χ2n) is 4.98. The summed E-state index contributed by atoms with van der Waals surface area (Å²) < 4.78 is 10.3. The van der Waals surface area contributed by atoms with Crippen LogP contribution >= 0.6 is 0 Å². The molecular weight excluding hydrogens is 276 g/mol. The molecule has 0 saturated heterocycles. The highest BCUT2D eigenvalue weighted by molar-refractivity contribution is 5.92. The molecule has 0 amide bonds. The van der Waals surface area contributed by atoms with Crippen LogP contribution in [0.15, 0.2) is 48.5 Å². The van der Waals surface area contributed by atoms with Gasteiger partial charge in [-0.2, -0.15) is 0 Å². The first kappa shape index (κ1) is 15.7. The quantitative estimate of drug-likeness (QED) is 0.640. The molecule has 0 aliphatic rings. The van der Waals surface area contributed by atoms with Crippen LogP contribution in [0, 0.1) is 11.8 Å². The van der Waals surface area contributed by atoms with Crippen molar-refractivity contribution in [3.8, 4) is 17.6 Å². The minimum Gasteiger partial charge on any atom is -0.497 e. The topological polar surface area (TPSA) is 35.5 Å². The van der Waals surface area contributed by atoms with Gasteiger partial charge in [-0.1, -0.05) is 24.0 Å². The molecule has 0 heterocycles. The summed E-state index contributed by atoms with van der Waals surface area (Å²) in [6, 6.07) is 14.6. The summed E-state index contributed by atoms with van der Waals surface area (Å²) in [5, 5.41) is 0. The van der Waals surface area contributed by atoms with Crippen molar-refractivity contribution < 1.29 is 14.3 Å². The SMILES string of the molecule is COc1ccc(C#Cc2ccccc2C(=O)OC(C)C)cc1. The van der Waals surface area contributed by atoms with Gasteiger partial charge in [0.1, 0.15) is 5.75 Å². The Morgan fingerprint density at radius 3 is 2.32 bits per heavy atom. The van der Waals surface area contributed by atoms with Crippen LogP contribution in [-0.2, 0) is 4.74 Å². The maximum atomic E-state index is 12.1. The molecule has 0 unspecified atom stereocenters. The molecule has 0 aliphatic heterocycles. The third-order valence-corrected chi connectivity index (χ3v) is 2.92. The lowest BCUT2D eigenvalue weighted by molar-refractivity contribution is 0.0377. The fourth-order valence-electron chi connectivity index (χ4n) is 1.86. The normalized spacial score (nSPS) is 9.82. The second-order valence-corrected chi connectivity index (χ2v) is 4.98. The molecule has 0 atom stereocenters. The van der Waals surface area contributed by atoms with Crippen LogP contribution < -0.4 is 4.74 Å². The van der Waals surface area contributed by atoms with Crippen molar-refractivity contribution in [1.82, 2.24) is 0 Å². The summed E-state index contributed by atoms with van der Waals surface area (Å²) in [4.78, 5) is 12.1. The molecule has 2 rings (SSSR count). The van der Waals surface area contributed by atoms with Crippen LogP contribution in [-0.4, -0.2) is 19.2 Å². The van der Waals surface area contributed by atoms with Gasteiger partial charge in [0.25, 0.3) is 0 Å². The number of hydrogen-bond acceptors (Lipinski definition) is 3. The highest BCUT2D eigenvalue weighted by Crippen LogP contribution is 2.12. The number of ether oxygens (including phenoxy) is 2.